The first-order valence-corrected chi connectivity index (χ1v) is 7.22. The molecule has 0 spiro atoms. The van der Waals surface area contributed by atoms with Gasteiger partial charge in [0.15, 0.2) is 0 Å². The molecule has 2 aromatic carbocycles. The Morgan fingerprint density at radius 2 is 1.33 bits per heavy atom. The molecule has 0 fully saturated rings. The Bertz CT molecular complexity index is 458. The van der Waals surface area contributed by atoms with E-state index < -0.39 is 5.97 Å². The lowest BCUT2D eigenvalue weighted by Gasteiger charge is -2.04. The van der Waals surface area contributed by atoms with E-state index in [1.165, 1.54) is 11.1 Å². The summed E-state index contributed by atoms with van der Waals surface area (Å²) < 4.78 is 0. The quantitative estimate of drug-likeness (QED) is 0.847. The molecule has 21 heavy (non-hydrogen) atoms. The van der Waals surface area contributed by atoms with E-state index in [2.05, 4.69) is 53.8 Å². The van der Waals surface area contributed by atoms with E-state index in [0.717, 1.165) is 19.5 Å². The molecule has 0 unspecified atom stereocenters. The van der Waals surface area contributed by atoms with Crippen LogP contribution in [0.25, 0.3) is 0 Å². The van der Waals surface area contributed by atoms with Crippen molar-refractivity contribution in [3.05, 3.63) is 71.8 Å². The van der Waals surface area contributed by atoms with Crippen LogP contribution in [0.4, 0.5) is 0 Å². The van der Waals surface area contributed by atoms with Crippen LogP contribution in [0.15, 0.2) is 60.7 Å². The zero-order valence-electron chi connectivity index (χ0n) is 12.5. The molecule has 112 valence electrons. The average Bonchev–Trinajstić information content (AvgIpc) is 2.50. The van der Waals surface area contributed by atoms with Crippen molar-refractivity contribution in [3.63, 3.8) is 0 Å². The fourth-order valence-electron chi connectivity index (χ4n) is 1.76. The van der Waals surface area contributed by atoms with Crippen LogP contribution in [-0.4, -0.2) is 11.1 Å². The fourth-order valence-corrected chi connectivity index (χ4v) is 1.76. The first-order valence-electron chi connectivity index (χ1n) is 7.22. The minimum atomic E-state index is -0.711. The summed E-state index contributed by atoms with van der Waals surface area (Å²) in [6.07, 6.45) is 1.02. The van der Waals surface area contributed by atoms with Gasteiger partial charge in [-0.3, -0.25) is 4.79 Å². The molecule has 0 amide bonds. The number of carbonyl (C=O) groups is 1. The summed E-state index contributed by atoms with van der Waals surface area (Å²) in [4.78, 5) is 9.60. The highest BCUT2D eigenvalue weighted by Crippen LogP contribution is 2.00. The first kappa shape index (κ1) is 16.9. The van der Waals surface area contributed by atoms with Crippen LogP contribution in [0, 0.1) is 0 Å². The highest BCUT2D eigenvalue weighted by Gasteiger charge is 1.92. The van der Waals surface area contributed by atoms with E-state index in [9.17, 15) is 4.79 Å². The smallest absolute Gasteiger partial charge is 0.303 e. The lowest BCUT2D eigenvalue weighted by atomic mass is 10.2. The van der Waals surface area contributed by atoms with Crippen LogP contribution >= 0.6 is 0 Å². The third-order valence-electron chi connectivity index (χ3n) is 2.81. The second kappa shape index (κ2) is 10.6. The lowest BCUT2D eigenvalue weighted by Crippen LogP contribution is -2.12. The second-order valence-electron chi connectivity index (χ2n) is 4.72. The van der Waals surface area contributed by atoms with Crippen LogP contribution in [0.3, 0.4) is 0 Å². The van der Waals surface area contributed by atoms with Crippen molar-refractivity contribution in [1.82, 2.24) is 5.32 Å². The Kier molecular flexibility index (Phi) is 8.57. The van der Waals surface area contributed by atoms with Gasteiger partial charge in [0.2, 0.25) is 0 Å². The Balaban J connectivity index is 0.000000315. The summed E-state index contributed by atoms with van der Waals surface area (Å²) >= 11 is 0. The van der Waals surface area contributed by atoms with Gasteiger partial charge in [0, 0.05) is 19.5 Å². The van der Waals surface area contributed by atoms with Crippen LogP contribution in [0.1, 0.15) is 30.9 Å². The molecule has 0 bridgehead atoms. The summed E-state index contributed by atoms with van der Waals surface area (Å²) in [7, 11) is 0. The van der Waals surface area contributed by atoms with E-state index >= 15 is 0 Å². The van der Waals surface area contributed by atoms with Crippen LogP contribution < -0.4 is 5.32 Å². The molecule has 2 rings (SSSR count). The zero-order chi connectivity index (χ0) is 15.3. The molecule has 3 nitrogen and oxygen atoms in total. The van der Waals surface area contributed by atoms with Crippen molar-refractivity contribution in [2.45, 2.75) is 32.9 Å². The van der Waals surface area contributed by atoms with E-state index in [4.69, 9.17) is 5.11 Å². The fraction of sp³-hybridized carbons (Fsp3) is 0.278. The molecule has 0 radical (unpaired) electrons. The molecule has 0 saturated carbocycles. The topological polar surface area (TPSA) is 49.3 Å². The average molecular weight is 285 g/mol. The number of benzene rings is 2. The third-order valence-corrected chi connectivity index (χ3v) is 2.81. The molecule has 2 aromatic rings. The van der Waals surface area contributed by atoms with Gasteiger partial charge >= 0.3 is 5.97 Å². The second-order valence-corrected chi connectivity index (χ2v) is 4.72. The van der Waals surface area contributed by atoms with E-state index in [-0.39, 0.29) is 0 Å². The SMILES string of the molecule is CCCC(=O)O.c1ccc(CNCc2ccccc2)cc1. The molecule has 0 aliphatic rings. The van der Waals surface area contributed by atoms with Gasteiger partial charge in [-0.05, 0) is 17.5 Å². The Morgan fingerprint density at radius 3 is 1.62 bits per heavy atom. The normalized spacial score (nSPS) is 9.57. The summed E-state index contributed by atoms with van der Waals surface area (Å²) in [6.45, 7) is 3.69. The molecule has 0 saturated heterocycles. The molecule has 2 N–H and O–H groups in total. The Morgan fingerprint density at radius 1 is 0.905 bits per heavy atom. The van der Waals surface area contributed by atoms with Crippen molar-refractivity contribution in [3.8, 4) is 0 Å². The molecule has 0 atom stereocenters. The van der Waals surface area contributed by atoms with Crippen molar-refractivity contribution in [1.29, 1.82) is 0 Å². The van der Waals surface area contributed by atoms with Gasteiger partial charge in [-0.2, -0.15) is 0 Å². The number of carboxylic acids is 1. The molecule has 0 aromatic heterocycles. The van der Waals surface area contributed by atoms with Crippen LogP contribution in [-0.2, 0) is 17.9 Å². The monoisotopic (exact) mass is 285 g/mol. The summed E-state index contributed by atoms with van der Waals surface area (Å²) in [5, 5.41) is 11.3. The molecular weight excluding hydrogens is 262 g/mol. The van der Waals surface area contributed by atoms with Gasteiger partial charge in [-0.1, -0.05) is 67.6 Å². The predicted molar refractivity (Wildman–Crippen MR) is 86.0 cm³/mol. The van der Waals surface area contributed by atoms with Gasteiger partial charge < -0.3 is 10.4 Å². The Hall–Kier alpha value is -2.13. The summed E-state index contributed by atoms with van der Waals surface area (Å²) in [5.74, 6) is -0.711. The number of nitrogens with one attached hydrogen (secondary N) is 1. The number of hydrogen-bond donors (Lipinski definition) is 2. The number of carboxylic acid groups (broad SMARTS) is 1. The van der Waals surface area contributed by atoms with Gasteiger partial charge in [0.25, 0.3) is 0 Å². The standard InChI is InChI=1S/C14H15N.C4H8O2/c1-3-7-13(8-4-1)11-15-12-14-9-5-2-6-10-14;1-2-3-4(5)6/h1-10,15H,11-12H2;2-3H2,1H3,(H,5,6). The highest BCUT2D eigenvalue weighted by atomic mass is 16.4. The largest absolute Gasteiger partial charge is 0.481 e. The molecule has 3 heteroatoms. The highest BCUT2D eigenvalue weighted by molar-refractivity contribution is 5.66. The lowest BCUT2D eigenvalue weighted by molar-refractivity contribution is -0.137. The van der Waals surface area contributed by atoms with E-state index in [1.54, 1.807) is 0 Å². The maximum Gasteiger partial charge on any atom is 0.303 e. The van der Waals surface area contributed by atoms with Gasteiger partial charge in [-0.25, -0.2) is 0 Å². The van der Waals surface area contributed by atoms with E-state index in [1.807, 2.05) is 19.1 Å². The first-order chi connectivity index (χ1) is 10.2. The predicted octanol–water partition coefficient (Wildman–Crippen LogP) is 3.85. The number of hydrogen-bond acceptors (Lipinski definition) is 2. The van der Waals surface area contributed by atoms with Crippen molar-refractivity contribution >= 4 is 5.97 Å². The van der Waals surface area contributed by atoms with Crippen molar-refractivity contribution in [2.24, 2.45) is 0 Å². The van der Waals surface area contributed by atoms with Crippen LogP contribution in [0.5, 0.6) is 0 Å². The summed E-state index contributed by atoms with van der Waals surface area (Å²) in [6, 6.07) is 20.9. The van der Waals surface area contributed by atoms with Gasteiger partial charge in [-0.15, -0.1) is 0 Å². The number of rotatable bonds is 6. The molecular formula is C18H23NO2. The minimum Gasteiger partial charge on any atom is -0.481 e. The Labute approximate surface area is 126 Å². The van der Waals surface area contributed by atoms with Crippen molar-refractivity contribution < 1.29 is 9.90 Å². The number of aliphatic carboxylic acids is 1. The molecule has 0 aliphatic carbocycles. The van der Waals surface area contributed by atoms with Crippen molar-refractivity contribution in [2.75, 3.05) is 0 Å². The van der Waals surface area contributed by atoms with E-state index in [0.29, 0.717) is 6.42 Å². The van der Waals surface area contributed by atoms with Crippen LogP contribution in [0.2, 0.25) is 0 Å². The molecule has 0 heterocycles. The zero-order valence-corrected chi connectivity index (χ0v) is 12.5. The van der Waals surface area contributed by atoms with Gasteiger partial charge in [0.1, 0.15) is 0 Å². The maximum absolute atomic E-state index is 9.60. The molecule has 0 aliphatic heterocycles. The van der Waals surface area contributed by atoms with Gasteiger partial charge in [0.05, 0.1) is 0 Å². The third kappa shape index (κ3) is 8.60. The minimum absolute atomic E-state index is 0.292. The maximum atomic E-state index is 9.60. The summed E-state index contributed by atoms with van der Waals surface area (Å²) in [5.41, 5.74) is 2.65.